The molecule has 0 aliphatic heterocycles. The molecule has 2 aliphatic rings. The van der Waals surface area contributed by atoms with Crippen LogP contribution >= 0.6 is 0 Å². The molecule has 2 saturated carbocycles. The van der Waals surface area contributed by atoms with Crippen molar-refractivity contribution in [1.29, 1.82) is 0 Å². The molecule has 4 nitrogen and oxygen atoms in total. The minimum absolute atomic E-state index is 0.811. The summed E-state index contributed by atoms with van der Waals surface area (Å²) in [6.07, 6.45) is 11.1. The van der Waals surface area contributed by atoms with Gasteiger partial charge in [0, 0.05) is 39.4 Å². The second-order valence-electron chi connectivity index (χ2n) is 8.77. The topological polar surface area (TPSA) is 24.9 Å². The van der Waals surface area contributed by atoms with Crippen molar-refractivity contribution in [2.75, 3.05) is 54.6 Å². The van der Waals surface area contributed by atoms with Crippen molar-refractivity contribution < 1.29 is 9.47 Å². The fraction of sp³-hybridized carbons (Fsp3) is 1.00. The number of rotatable bonds is 8. The molecule has 0 aromatic heterocycles. The SMILES string of the molecule is COCCN(C)C1CCC(C)CC1.COCCN(C)C1CCC(C)CC1. The summed E-state index contributed by atoms with van der Waals surface area (Å²) in [6, 6.07) is 1.62. The Labute approximate surface area is 163 Å². The first-order valence-corrected chi connectivity index (χ1v) is 10.9. The molecule has 0 radical (unpaired) electrons. The maximum Gasteiger partial charge on any atom is 0.0589 e. The summed E-state index contributed by atoms with van der Waals surface area (Å²) in [5, 5.41) is 0. The lowest BCUT2D eigenvalue weighted by atomic mass is 9.87. The molecule has 26 heavy (non-hydrogen) atoms. The van der Waals surface area contributed by atoms with E-state index in [-0.39, 0.29) is 0 Å². The van der Waals surface area contributed by atoms with Crippen LogP contribution in [0, 0.1) is 11.8 Å². The molecular formula is C22H46N2O2. The van der Waals surface area contributed by atoms with E-state index in [1.54, 1.807) is 14.2 Å². The standard InChI is InChI=1S/2C11H23NO/c2*1-10-4-6-11(7-5-10)12(2)8-9-13-3/h2*10-11H,4-9H2,1-3H3. The zero-order valence-electron chi connectivity index (χ0n) is 18.5. The van der Waals surface area contributed by atoms with Crippen LogP contribution in [-0.2, 0) is 9.47 Å². The molecule has 2 fully saturated rings. The monoisotopic (exact) mass is 370 g/mol. The minimum atomic E-state index is 0.811. The van der Waals surface area contributed by atoms with Crippen molar-refractivity contribution in [1.82, 2.24) is 9.80 Å². The molecular weight excluding hydrogens is 324 g/mol. The van der Waals surface area contributed by atoms with E-state index in [9.17, 15) is 0 Å². The zero-order chi connectivity index (χ0) is 19.4. The Hall–Kier alpha value is -0.160. The first kappa shape index (κ1) is 23.9. The van der Waals surface area contributed by atoms with Crippen molar-refractivity contribution in [2.24, 2.45) is 11.8 Å². The Morgan fingerprint density at radius 2 is 0.923 bits per heavy atom. The Kier molecular flexibility index (Phi) is 12.8. The molecule has 0 amide bonds. The van der Waals surface area contributed by atoms with Gasteiger partial charge in [0.15, 0.2) is 0 Å². The van der Waals surface area contributed by atoms with Gasteiger partial charge in [0.25, 0.3) is 0 Å². The molecule has 0 heterocycles. The van der Waals surface area contributed by atoms with Gasteiger partial charge < -0.3 is 19.3 Å². The molecule has 0 aromatic carbocycles. The second-order valence-corrected chi connectivity index (χ2v) is 8.77. The summed E-state index contributed by atoms with van der Waals surface area (Å²) in [5.74, 6) is 1.90. The van der Waals surface area contributed by atoms with E-state index in [4.69, 9.17) is 9.47 Å². The summed E-state index contributed by atoms with van der Waals surface area (Å²) in [4.78, 5) is 4.91. The van der Waals surface area contributed by atoms with Crippen LogP contribution in [0.15, 0.2) is 0 Å². The number of methoxy groups -OCH3 is 2. The number of nitrogens with zero attached hydrogens (tertiary/aromatic N) is 2. The highest BCUT2D eigenvalue weighted by Gasteiger charge is 2.21. The Balaban J connectivity index is 0.000000260. The van der Waals surface area contributed by atoms with E-state index >= 15 is 0 Å². The molecule has 0 atom stereocenters. The summed E-state index contributed by atoms with van der Waals surface area (Å²) in [7, 11) is 7.99. The Morgan fingerprint density at radius 3 is 1.19 bits per heavy atom. The third kappa shape index (κ3) is 9.68. The normalized spacial score (nSPS) is 29.5. The highest BCUT2D eigenvalue weighted by atomic mass is 16.5. The van der Waals surface area contributed by atoms with E-state index in [0.717, 1.165) is 50.2 Å². The molecule has 0 unspecified atom stereocenters. The highest BCUT2D eigenvalue weighted by molar-refractivity contribution is 4.77. The van der Waals surface area contributed by atoms with Crippen molar-refractivity contribution in [3.8, 4) is 0 Å². The van der Waals surface area contributed by atoms with Gasteiger partial charge in [-0.05, 0) is 77.3 Å². The second kappa shape index (κ2) is 13.9. The Bertz CT molecular complexity index is 292. The van der Waals surface area contributed by atoms with Gasteiger partial charge in [-0.3, -0.25) is 0 Å². The minimum Gasteiger partial charge on any atom is -0.383 e. The van der Waals surface area contributed by atoms with Gasteiger partial charge in [-0.2, -0.15) is 0 Å². The van der Waals surface area contributed by atoms with Gasteiger partial charge in [0.05, 0.1) is 13.2 Å². The van der Waals surface area contributed by atoms with Gasteiger partial charge in [-0.15, -0.1) is 0 Å². The number of ether oxygens (including phenoxy) is 2. The fourth-order valence-electron chi connectivity index (χ4n) is 4.20. The average molecular weight is 371 g/mol. The van der Waals surface area contributed by atoms with Crippen LogP contribution in [0.1, 0.15) is 65.2 Å². The number of likely N-dealkylation sites (N-methyl/N-ethyl adjacent to an activating group) is 2. The summed E-state index contributed by atoms with van der Waals surface area (Å²) in [5.41, 5.74) is 0. The lowest BCUT2D eigenvalue weighted by Gasteiger charge is -2.33. The van der Waals surface area contributed by atoms with Crippen LogP contribution in [0.25, 0.3) is 0 Å². The third-order valence-electron chi connectivity index (χ3n) is 6.51. The van der Waals surface area contributed by atoms with Crippen LogP contribution in [0.5, 0.6) is 0 Å². The van der Waals surface area contributed by atoms with Crippen LogP contribution in [0.2, 0.25) is 0 Å². The fourth-order valence-corrected chi connectivity index (χ4v) is 4.20. The van der Waals surface area contributed by atoms with E-state index in [2.05, 4.69) is 37.7 Å². The van der Waals surface area contributed by atoms with Crippen LogP contribution < -0.4 is 0 Å². The quantitative estimate of drug-likeness (QED) is 0.636. The predicted octanol–water partition coefficient (Wildman–Crippen LogP) is 4.29. The first-order valence-electron chi connectivity index (χ1n) is 10.9. The van der Waals surface area contributed by atoms with E-state index in [1.165, 1.54) is 51.4 Å². The molecule has 4 heteroatoms. The predicted molar refractivity (Wildman–Crippen MR) is 112 cm³/mol. The zero-order valence-corrected chi connectivity index (χ0v) is 18.5. The largest absolute Gasteiger partial charge is 0.383 e. The third-order valence-corrected chi connectivity index (χ3v) is 6.51. The summed E-state index contributed by atoms with van der Waals surface area (Å²) >= 11 is 0. The molecule has 0 saturated heterocycles. The van der Waals surface area contributed by atoms with Crippen molar-refractivity contribution >= 4 is 0 Å². The molecule has 156 valence electrons. The number of hydrogen-bond donors (Lipinski definition) is 0. The van der Waals surface area contributed by atoms with Gasteiger partial charge in [0.2, 0.25) is 0 Å². The molecule has 0 spiro atoms. The number of hydrogen-bond acceptors (Lipinski definition) is 4. The van der Waals surface area contributed by atoms with Crippen molar-refractivity contribution in [3.63, 3.8) is 0 Å². The smallest absolute Gasteiger partial charge is 0.0589 e. The van der Waals surface area contributed by atoms with Gasteiger partial charge in [-0.25, -0.2) is 0 Å². The maximum atomic E-state index is 5.08. The molecule has 0 N–H and O–H groups in total. The van der Waals surface area contributed by atoms with Gasteiger partial charge in [0.1, 0.15) is 0 Å². The van der Waals surface area contributed by atoms with E-state index < -0.39 is 0 Å². The lowest BCUT2D eigenvalue weighted by molar-refractivity contribution is 0.115. The first-order chi connectivity index (χ1) is 12.5. The van der Waals surface area contributed by atoms with Crippen LogP contribution in [0.4, 0.5) is 0 Å². The Morgan fingerprint density at radius 1 is 0.615 bits per heavy atom. The summed E-state index contributed by atoms with van der Waals surface area (Å²) < 4.78 is 10.2. The molecule has 2 rings (SSSR count). The highest BCUT2D eigenvalue weighted by Crippen LogP contribution is 2.27. The average Bonchev–Trinajstić information content (AvgIpc) is 2.66. The van der Waals surface area contributed by atoms with Crippen LogP contribution in [0.3, 0.4) is 0 Å². The molecule has 2 aliphatic carbocycles. The van der Waals surface area contributed by atoms with Gasteiger partial charge >= 0.3 is 0 Å². The summed E-state index contributed by atoms with van der Waals surface area (Å²) in [6.45, 7) is 8.62. The molecule has 0 aromatic rings. The maximum absolute atomic E-state index is 5.08. The van der Waals surface area contributed by atoms with E-state index in [1.807, 2.05) is 0 Å². The van der Waals surface area contributed by atoms with E-state index in [0.29, 0.717) is 0 Å². The lowest BCUT2D eigenvalue weighted by Crippen LogP contribution is -2.36. The molecule has 0 bridgehead atoms. The van der Waals surface area contributed by atoms with Crippen molar-refractivity contribution in [3.05, 3.63) is 0 Å². The van der Waals surface area contributed by atoms with Crippen LogP contribution in [-0.4, -0.2) is 76.5 Å². The van der Waals surface area contributed by atoms with Gasteiger partial charge in [-0.1, -0.05) is 13.8 Å². The van der Waals surface area contributed by atoms with Crippen molar-refractivity contribution in [2.45, 2.75) is 77.3 Å².